The van der Waals surface area contributed by atoms with Crippen LogP contribution in [0.2, 0.25) is 23.4 Å². The number of aromatic nitrogens is 4. The standard InChI is InChI=1S/C16H26ClN5O3Si/c1-16(2,3)26(4,5)24-7-10-9(23)6-11(25-10)22-8-19-12-13(18)20-15(17)21-14(12)22/h8-11,23H,6-7H2,1-5H3,(H2,18,20,21)/t9-,10+,11+/m0/s1. The maximum Gasteiger partial charge on any atom is 0.226 e. The summed E-state index contributed by atoms with van der Waals surface area (Å²) in [5.41, 5.74) is 6.80. The smallest absolute Gasteiger partial charge is 0.226 e. The van der Waals surface area contributed by atoms with Crippen molar-refractivity contribution in [2.24, 2.45) is 0 Å². The van der Waals surface area contributed by atoms with Crippen molar-refractivity contribution in [1.29, 1.82) is 0 Å². The number of rotatable bonds is 4. The van der Waals surface area contributed by atoms with Crippen LogP contribution >= 0.6 is 11.6 Å². The zero-order chi connectivity index (χ0) is 19.3. The van der Waals surface area contributed by atoms with Crippen LogP contribution < -0.4 is 5.73 Å². The molecule has 0 radical (unpaired) electrons. The van der Waals surface area contributed by atoms with Crippen LogP contribution in [0.4, 0.5) is 5.82 Å². The fourth-order valence-electron chi connectivity index (χ4n) is 2.66. The molecule has 3 atom stereocenters. The summed E-state index contributed by atoms with van der Waals surface area (Å²) in [5, 5.41) is 10.6. The SMILES string of the molecule is CC(C)(C)[Si](C)(C)OC[C@H]1O[C@@H](n2cnc3c(N)nc(Cl)nc32)C[C@@H]1O. The Balaban J connectivity index is 1.75. The molecule has 0 aliphatic carbocycles. The normalized spacial score (nSPS) is 24.5. The lowest BCUT2D eigenvalue weighted by Gasteiger charge is -2.37. The highest BCUT2D eigenvalue weighted by Gasteiger charge is 2.41. The first-order valence-electron chi connectivity index (χ1n) is 8.62. The summed E-state index contributed by atoms with van der Waals surface area (Å²) in [7, 11) is -1.91. The molecule has 2 aromatic rings. The Labute approximate surface area is 158 Å². The van der Waals surface area contributed by atoms with Crippen molar-refractivity contribution in [2.45, 2.75) is 63.8 Å². The fourth-order valence-corrected chi connectivity index (χ4v) is 3.85. The van der Waals surface area contributed by atoms with Gasteiger partial charge in [0.2, 0.25) is 5.28 Å². The highest BCUT2D eigenvalue weighted by molar-refractivity contribution is 6.74. The van der Waals surface area contributed by atoms with E-state index in [2.05, 4.69) is 48.8 Å². The molecule has 8 nitrogen and oxygen atoms in total. The van der Waals surface area contributed by atoms with E-state index in [1.165, 1.54) is 0 Å². The van der Waals surface area contributed by atoms with E-state index in [1.807, 2.05) is 0 Å². The second-order valence-electron chi connectivity index (χ2n) is 8.21. The van der Waals surface area contributed by atoms with E-state index in [9.17, 15) is 5.11 Å². The number of hydrogen-bond donors (Lipinski definition) is 2. The topological polar surface area (TPSA) is 108 Å². The number of nitrogen functional groups attached to an aromatic ring is 1. The van der Waals surface area contributed by atoms with Gasteiger partial charge in [-0.3, -0.25) is 4.57 Å². The fraction of sp³-hybridized carbons (Fsp3) is 0.688. The second kappa shape index (κ2) is 6.72. The molecule has 0 unspecified atom stereocenters. The molecule has 1 aliphatic heterocycles. The number of halogens is 1. The van der Waals surface area contributed by atoms with Crippen LogP contribution in [0.1, 0.15) is 33.4 Å². The van der Waals surface area contributed by atoms with Crippen LogP contribution in [0.25, 0.3) is 11.2 Å². The quantitative estimate of drug-likeness (QED) is 0.600. The summed E-state index contributed by atoms with van der Waals surface area (Å²) < 4.78 is 14.0. The summed E-state index contributed by atoms with van der Waals surface area (Å²) in [6.07, 6.45) is 0.561. The molecule has 1 aliphatic rings. The molecule has 0 amide bonds. The monoisotopic (exact) mass is 399 g/mol. The van der Waals surface area contributed by atoms with Gasteiger partial charge in [-0.2, -0.15) is 9.97 Å². The Hall–Kier alpha value is -1.26. The Bertz CT molecular complexity index is 807. The zero-order valence-corrected chi connectivity index (χ0v) is 17.5. The van der Waals surface area contributed by atoms with E-state index < -0.39 is 26.8 Å². The number of ether oxygens (including phenoxy) is 1. The molecule has 2 aromatic heterocycles. The molecule has 1 fully saturated rings. The predicted octanol–water partition coefficient (Wildman–Crippen LogP) is 2.73. The average molecular weight is 400 g/mol. The van der Waals surface area contributed by atoms with Gasteiger partial charge in [0.25, 0.3) is 0 Å². The molecule has 0 spiro atoms. The summed E-state index contributed by atoms with van der Waals surface area (Å²) >= 11 is 5.91. The van der Waals surface area contributed by atoms with E-state index in [1.54, 1.807) is 10.9 Å². The third kappa shape index (κ3) is 3.59. The van der Waals surface area contributed by atoms with E-state index >= 15 is 0 Å². The van der Waals surface area contributed by atoms with Gasteiger partial charge in [0.1, 0.15) is 17.8 Å². The Morgan fingerprint density at radius 2 is 2.12 bits per heavy atom. The molecule has 3 rings (SSSR count). The van der Waals surface area contributed by atoms with Gasteiger partial charge in [0.15, 0.2) is 19.8 Å². The maximum absolute atomic E-state index is 10.4. The van der Waals surface area contributed by atoms with E-state index in [-0.39, 0.29) is 16.1 Å². The lowest BCUT2D eigenvalue weighted by Crippen LogP contribution is -2.43. The van der Waals surface area contributed by atoms with Crippen molar-refractivity contribution in [3.05, 3.63) is 11.6 Å². The van der Waals surface area contributed by atoms with Gasteiger partial charge in [-0.15, -0.1) is 0 Å². The zero-order valence-electron chi connectivity index (χ0n) is 15.7. The minimum atomic E-state index is -1.91. The van der Waals surface area contributed by atoms with E-state index in [0.717, 1.165) is 0 Å². The lowest BCUT2D eigenvalue weighted by molar-refractivity contribution is -0.0405. The van der Waals surface area contributed by atoms with Crippen LogP contribution in [-0.2, 0) is 9.16 Å². The number of hydrogen-bond acceptors (Lipinski definition) is 7. The Kier molecular flexibility index (Phi) is 5.04. The molecule has 144 valence electrons. The summed E-state index contributed by atoms with van der Waals surface area (Å²) in [4.78, 5) is 12.3. The molecule has 1 saturated heterocycles. The van der Waals surface area contributed by atoms with Crippen molar-refractivity contribution >= 4 is 36.9 Å². The molecule has 3 N–H and O–H groups in total. The number of fused-ring (bicyclic) bond motifs is 1. The minimum absolute atomic E-state index is 0.0492. The van der Waals surface area contributed by atoms with Crippen LogP contribution in [0, 0.1) is 0 Å². The van der Waals surface area contributed by atoms with Gasteiger partial charge >= 0.3 is 0 Å². The minimum Gasteiger partial charge on any atom is -0.414 e. The van der Waals surface area contributed by atoms with Gasteiger partial charge in [-0.05, 0) is 29.7 Å². The van der Waals surface area contributed by atoms with Gasteiger partial charge in [-0.1, -0.05) is 20.8 Å². The molecular weight excluding hydrogens is 374 g/mol. The molecule has 0 saturated carbocycles. The predicted molar refractivity (Wildman–Crippen MR) is 102 cm³/mol. The van der Waals surface area contributed by atoms with Crippen LogP contribution in [0.5, 0.6) is 0 Å². The van der Waals surface area contributed by atoms with Crippen molar-refractivity contribution in [2.75, 3.05) is 12.3 Å². The Morgan fingerprint density at radius 1 is 1.42 bits per heavy atom. The second-order valence-corrected chi connectivity index (χ2v) is 13.4. The number of imidazole rings is 1. The molecular formula is C16H26ClN5O3Si. The summed E-state index contributed by atoms with van der Waals surface area (Å²) in [5.74, 6) is 0.218. The van der Waals surface area contributed by atoms with Gasteiger partial charge < -0.3 is 20.0 Å². The first kappa shape index (κ1) is 19.5. The first-order valence-corrected chi connectivity index (χ1v) is 11.9. The average Bonchev–Trinajstić information content (AvgIpc) is 3.07. The summed E-state index contributed by atoms with van der Waals surface area (Å²) in [6.45, 7) is 11.3. The maximum atomic E-state index is 10.4. The van der Waals surface area contributed by atoms with E-state index in [0.29, 0.717) is 24.2 Å². The summed E-state index contributed by atoms with van der Waals surface area (Å²) in [6, 6.07) is 0. The van der Waals surface area contributed by atoms with Crippen LogP contribution in [-0.4, -0.2) is 51.8 Å². The van der Waals surface area contributed by atoms with Crippen molar-refractivity contribution in [3.63, 3.8) is 0 Å². The number of anilines is 1. The third-order valence-corrected chi connectivity index (χ3v) is 10.0. The third-order valence-electron chi connectivity index (χ3n) is 5.35. The molecule has 26 heavy (non-hydrogen) atoms. The van der Waals surface area contributed by atoms with Gasteiger partial charge in [0, 0.05) is 6.42 Å². The largest absolute Gasteiger partial charge is 0.414 e. The van der Waals surface area contributed by atoms with Crippen LogP contribution in [0.15, 0.2) is 6.33 Å². The molecule has 0 bridgehead atoms. The molecule has 3 heterocycles. The highest BCUT2D eigenvalue weighted by atomic mass is 35.5. The van der Waals surface area contributed by atoms with E-state index in [4.69, 9.17) is 26.5 Å². The Morgan fingerprint density at radius 3 is 2.77 bits per heavy atom. The van der Waals surface area contributed by atoms with Gasteiger partial charge in [-0.25, -0.2) is 4.98 Å². The van der Waals surface area contributed by atoms with Crippen molar-refractivity contribution in [3.8, 4) is 0 Å². The number of aliphatic hydroxyl groups excluding tert-OH is 1. The van der Waals surface area contributed by atoms with Gasteiger partial charge in [0.05, 0.1) is 19.0 Å². The first-order chi connectivity index (χ1) is 12.0. The molecule has 10 heteroatoms. The number of nitrogens with zero attached hydrogens (tertiary/aromatic N) is 4. The molecule has 0 aromatic carbocycles. The number of nitrogens with two attached hydrogens (primary N) is 1. The van der Waals surface area contributed by atoms with Crippen LogP contribution in [0.3, 0.4) is 0 Å². The van der Waals surface area contributed by atoms with Crippen molar-refractivity contribution < 1.29 is 14.3 Å². The van der Waals surface area contributed by atoms with Crippen molar-refractivity contribution in [1.82, 2.24) is 19.5 Å². The lowest BCUT2D eigenvalue weighted by atomic mass is 10.2. The highest BCUT2D eigenvalue weighted by Crippen LogP contribution is 2.38. The number of aliphatic hydroxyl groups is 1.